The molecule has 0 saturated carbocycles. The number of hydrogen-bond donors (Lipinski definition) is 2. The third kappa shape index (κ3) is 3.50. The number of rotatable bonds is 4. The van der Waals surface area contributed by atoms with E-state index in [9.17, 15) is 5.26 Å². The molecule has 1 heterocycles. The Morgan fingerprint density at radius 3 is 2.62 bits per heavy atom. The predicted molar refractivity (Wildman–Crippen MR) is 87.8 cm³/mol. The van der Waals surface area contributed by atoms with E-state index in [0.717, 1.165) is 28.1 Å². The lowest BCUT2D eigenvalue weighted by atomic mass is 10.2. The van der Waals surface area contributed by atoms with Crippen LogP contribution >= 0.6 is 15.9 Å². The SMILES string of the molecule is CCNc1nc(C)nc(Nc2cc(Br)ccc2C#N)c1C. The molecule has 0 aliphatic heterocycles. The first-order chi connectivity index (χ1) is 10.0. The summed E-state index contributed by atoms with van der Waals surface area (Å²) in [5.41, 5.74) is 2.21. The van der Waals surface area contributed by atoms with Gasteiger partial charge in [0, 0.05) is 16.6 Å². The summed E-state index contributed by atoms with van der Waals surface area (Å²) < 4.78 is 0.902. The van der Waals surface area contributed by atoms with Gasteiger partial charge in [0.05, 0.1) is 11.3 Å². The van der Waals surface area contributed by atoms with Crippen LogP contribution in [0.5, 0.6) is 0 Å². The van der Waals surface area contributed by atoms with E-state index < -0.39 is 0 Å². The maximum Gasteiger partial charge on any atom is 0.139 e. The van der Waals surface area contributed by atoms with Crippen LogP contribution in [0.25, 0.3) is 0 Å². The maximum atomic E-state index is 9.20. The molecule has 6 heteroatoms. The number of benzene rings is 1. The molecule has 0 atom stereocenters. The Bertz CT molecular complexity index is 706. The standard InChI is InChI=1S/C15H16BrN5/c1-4-18-14-9(2)15(20-10(3)19-14)21-13-7-12(16)6-5-11(13)8-17/h5-7H,4H2,1-3H3,(H2,18,19,20,21). The van der Waals surface area contributed by atoms with Crippen LogP contribution in [0.3, 0.4) is 0 Å². The van der Waals surface area contributed by atoms with Gasteiger partial charge in [0.15, 0.2) is 0 Å². The van der Waals surface area contributed by atoms with Gasteiger partial charge in [-0.05, 0) is 39.0 Å². The Labute approximate surface area is 132 Å². The first kappa shape index (κ1) is 15.3. The number of halogens is 1. The molecule has 2 N–H and O–H groups in total. The number of nitrogens with one attached hydrogen (secondary N) is 2. The summed E-state index contributed by atoms with van der Waals surface area (Å²) in [6.45, 7) is 6.60. The van der Waals surface area contributed by atoms with Crippen molar-refractivity contribution in [3.63, 3.8) is 0 Å². The topological polar surface area (TPSA) is 73.6 Å². The summed E-state index contributed by atoms with van der Waals surface area (Å²) >= 11 is 3.42. The zero-order chi connectivity index (χ0) is 15.4. The molecule has 0 spiro atoms. The molecule has 0 radical (unpaired) electrons. The minimum absolute atomic E-state index is 0.568. The highest BCUT2D eigenvalue weighted by Crippen LogP contribution is 2.27. The predicted octanol–water partition coefficient (Wildman–Crippen LogP) is 3.90. The van der Waals surface area contributed by atoms with Crippen molar-refractivity contribution in [2.24, 2.45) is 0 Å². The van der Waals surface area contributed by atoms with Gasteiger partial charge in [0.1, 0.15) is 23.5 Å². The average molecular weight is 346 g/mol. The maximum absolute atomic E-state index is 9.20. The highest BCUT2D eigenvalue weighted by Gasteiger charge is 2.11. The second-order valence-electron chi connectivity index (χ2n) is 4.55. The van der Waals surface area contributed by atoms with Crippen LogP contribution in [-0.4, -0.2) is 16.5 Å². The van der Waals surface area contributed by atoms with Crippen LogP contribution in [0.4, 0.5) is 17.3 Å². The third-order valence-corrected chi connectivity index (χ3v) is 3.45. The fourth-order valence-electron chi connectivity index (χ4n) is 1.93. The molecule has 0 fully saturated rings. The molecule has 2 aromatic rings. The molecule has 0 aliphatic rings. The van der Waals surface area contributed by atoms with Gasteiger partial charge < -0.3 is 10.6 Å². The number of nitrogens with zero attached hydrogens (tertiary/aromatic N) is 3. The van der Waals surface area contributed by atoms with E-state index >= 15 is 0 Å². The lowest BCUT2D eigenvalue weighted by Gasteiger charge is -2.14. The minimum atomic E-state index is 0.568. The Morgan fingerprint density at radius 1 is 1.24 bits per heavy atom. The smallest absolute Gasteiger partial charge is 0.139 e. The van der Waals surface area contributed by atoms with Crippen LogP contribution in [0.2, 0.25) is 0 Å². The van der Waals surface area contributed by atoms with Crippen molar-refractivity contribution in [3.05, 3.63) is 39.6 Å². The number of aromatic nitrogens is 2. The van der Waals surface area contributed by atoms with Gasteiger partial charge in [-0.25, -0.2) is 9.97 Å². The van der Waals surface area contributed by atoms with E-state index in [-0.39, 0.29) is 0 Å². The summed E-state index contributed by atoms with van der Waals surface area (Å²) in [6.07, 6.45) is 0. The van der Waals surface area contributed by atoms with Crippen molar-refractivity contribution in [3.8, 4) is 6.07 Å². The molecule has 0 aliphatic carbocycles. The Hall–Kier alpha value is -2.13. The number of aryl methyl sites for hydroxylation is 1. The number of hydrogen-bond acceptors (Lipinski definition) is 5. The van der Waals surface area contributed by atoms with E-state index in [1.165, 1.54) is 0 Å². The van der Waals surface area contributed by atoms with Gasteiger partial charge in [-0.15, -0.1) is 0 Å². The molecule has 1 aromatic heterocycles. The van der Waals surface area contributed by atoms with Crippen LogP contribution in [0.1, 0.15) is 23.9 Å². The average Bonchev–Trinajstić information content (AvgIpc) is 2.44. The van der Waals surface area contributed by atoms with Crippen LogP contribution < -0.4 is 10.6 Å². The molecule has 0 unspecified atom stereocenters. The van der Waals surface area contributed by atoms with E-state index in [4.69, 9.17) is 0 Å². The Balaban J connectivity index is 2.45. The molecule has 21 heavy (non-hydrogen) atoms. The largest absolute Gasteiger partial charge is 0.370 e. The normalized spacial score (nSPS) is 10.0. The first-order valence-electron chi connectivity index (χ1n) is 6.61. The van der Waals surface area contributed by atoms with Crippen LogP contribution in [-0.2, 0) is 0 Å². The molecule has 108 valence electrons. The number of anilines is 3. The minimum Gasteiger partial charge on any atom is -0.370 e. The molecule has 1 aromatic carbocycles. The van der Waals surface area contributed by atoms with Gasteiger partial charge in [-0.2, -0.15) is 5.26 Å². The molecule has 5 nitrogen and oxygen atoms in total. The highest BCUT2D eigenvalue weighted by molar-refractivity contribution is 9.10. The van der Waals surface area contributed by atoms with E-state index in [1.807, 2.05) is 32.9 Å². The second kappa shape index (κ2) is 6.55. The fourth-order valence-corrected chi connectivity index (χ4v) is 2.30. The van der Waals surface area contributed by atoms with Crippen molar-refractivity contribution >= 4 is 33.3 Å². The third-order valence-electron chi connectivity index (χ3n) is 2.96. The summed E-state index contributed by atoms with van der Waals surface area (Å²) in [5, 5.41) is 15.6. The van der Waals surface area contributed by atoms with E-state index in [0.29, 0.717) is 17.2 Å². The van der Waals surface area contributed by atoms with Crippen molar-refractivity contribution in [1.82, 2.24) is 9.97 Å². The fraction of sp³-hybridized carbons (Fsp3) is 0.267. The van der Waals surface area contributed by atoms with Crippen molar-refractivity contribution in [2.75, 3.05) is 17.2 Å². The van der Waals surface area contributed by atoms with E-state index in [2.05, 4.69) is 42.6 Å². The quantitative estimate of drug-likeness (QED) is 0.878. The zero-order valence-electron chi connectivity index (χ0n) is 12.2. The van der Waals surface area contributed by atoms with Crippen molar-refractivity contribution < 1.29 is 0 Å². The second-order valence-corrected chi connectivity index (χ2v) is 5.47. The molecular weight excluding hydrogens is 330 g/mol. The molecule has 0 saturated heterocycles. The van der Waals surface area contributed by atoms with Crippen LogP contribution in [0.15, 0.2) is 22.7 Å². The van der Waals surface area contributed by atoms with Crippen molar-refractivity contribution in [1.29, 1.82) is 5.26 Å². The molecule has 0 amide bonds. The summed E-state index contributed by atoms with van der Waals surface area (Å²) in [5.74, 6) is 2.18. The molecular formula is C15H16BrN5. The van der Waals surface area contributed by atoms with Gasteiger partial charge in [0.25, 0.3) is 0 Å². The zero-order valence-corrected chi connectivity index (χ0v) is 13.7. The monoisotopic (exact) mass is 345 g/mol. The highest BCUT2D eigenvalue weighted by atomic mass is 79.9. The van der Waals surface area contributed by atoms with Gasteiger partial charge in [0.2, 0.25) is 0 Å². The van der Waals surface area contributed by atoms with Gasteiger partial charge in [-0.3, -0.25) is 0 Å². The molecule has 0 bridgehead atoms. The van der Waals surface area contributed by atoms with Crippen LogP contribution in [0, 0.1) is 25.2 Å². The number of nitriles is 1. The van der Waals surface area contributed by atoms with Crippen molar-refractivity contribution in [2.45, 2.75) is 20.8 Å². The van der Waals surface area contributed by atoms with E-state index in [1.54, 1.807) is 6.07 Å². The lowest BCUT2D eigenvalue weighted by Crippen LogP contribution is -2.08. The Kier molecular flexibility index (Phi) is 4.76. The summed E-state index contributed by atoms with van der Waals surface area (Å²) in [4.78, 5) is 8.82. The molecule has 2 rings (SSSR count). The summed E-state index contributed by atoms with van der Waals surface area (Å²) in [7, 11) is 0. The summed E-state index contributed by atoms with van der Waals surface area (Å²) in [6, 6.07) is 7.64. The van der Waals surface area contributed by atoms with Gasteiger partial charge in [-0.1, -0.05) is 15.9 Å². The first-order valence-corrected chi connectivity index (χ1v) is 7.40. The van der Waals surface area contributed by atoms with Gasteiger partial charge >= 0.3 is 0 Å². The Morgan fingerprint density at radius 2 is 1.95 bits per heavy atom. The lowest BCUT2D eigenvalue weighted by molar-refractivity contribution is 1.02.